The van der Waals surface area contributed by atoms with Crippen molar-refractivity contribution in [2.24, 2.45) is 0 Å². The molecule has 1 aromatic carbocycles. The third-order valence-corrected chi connectivity index (χ3v) is 2.52. The number of para-hydroxylation sites is 1. The molecule has 1 N–H and O–H groups in total. The second-order valence-electron chi connectivity index (χ2n) is 3.68. The van der Waals surface area contributed by atoms with E-state index >= 15 is 0 Å². The lowest BCUT2D eigenvalue weighted by Gasteiger charge is -2.19. The number of nitrogens with zero attached hydrogens (tertiary/aromatic N) is 1. The van der Waals surface area contributed by atoms with E-state index in [1.807, 2.05) is 13.8 Å². The third kappa shape index (κ3) is 4.24. The predicted molar refractivity (Wildman–Crippen MR) is 68.2 cm³/mol. The van der Waals surface area contributed by atoms with Crippen LogP contribution in [0.4, 0.5) is 9.18 Å². The fourth-order valence-corrected chi connectivity index (χ4v) is 1.50. The molecule has 0 unspecified atom stereocenters. The molecular formula is C13H19FN2O2. The van der Waals surface area contributed by atoms with Gasteiger partial charge in [-0.2, -0.15) is 0 Å². The van der Waals surface area contributed by atoms with Crippen LogP contribution in [-0.4, -0.2) is 37.2 Å². The number of benzene rings is 1. The molecule has 18 heavy (non-hydrogen) atoms. The van der Waals surface area contributed by atoms with Crippen molar-refractivity contribution in [3.63, 3.8) is 0 Å². The van der Waals surface area contributed by atoms with Gasteiger partial charge in [0.15, 0.2) is 11.6 Å². The molecule has 0 heterocycles. The van der Waals surface area contributed by atoms with Crippen molar-refractivity contribution < 1.29 is 13.9 Å². The number of amides is 2. The number of hydrogen-bond acceptors (Lipinski definition) is 2. The van der Waals surface area contributed by atoms with Gasteiger partial charge in [-0.3, -0.25) is 0 Å². The lowest BCUT2D eigenvalue weighted by molar-refractivity contribution is 0.199. The molecule has 1 aromatic rings. The Hall–Kier alpha value is -1.78. The van der Waals surface area contributed by atoms with Crippen LogP contribution < -0.4 is 10.1 Å². The summed E-state index contributed by atoms with van der Waals surface area (Å²) in [6.07, 6.45) is 0. The zero-order valence-electron chi connectivity index (χ0n) is 10.8. The molecule has 5 heteroatoms. The minimum Gasteiger partial charge on any atom is -0.489 e. The molecule has 0 saturated heterocycles. The van der Waals surface area contributed by atoms with Gasteiger partial charge in [0.1, 0.15) is 6.61 Å². The Morgan fingerprint density at radius 1 is 1.33 bits per heavy atom. The number of nitrogens with one attached hydrogen (secondary N) is 1. The van der Waals surface area contributed by atoms with Crippen LogP contribution in [-0.2, 0) is 0 Å². The zero-order chi connectivity index (χ0) is 13.4. The number of carbonyl (C=O) groups excluding carboxylic acids is 1. The summed E-state index contributed by atoms with van der Waals surface area (Å²) in [5.41, 5.74) is 0. The first kappa shape index (κ1) is 14.3. The summed E-state index contributed by atoms with van der Waals surface area (Å²) in [6.45, 7) is 5.75. The third-order valence-electron chi connectivity index (χ3n) is 2.52. The van der Waals surface area contributed by atoms with Gasteiger partial charge in [0.2, 0.25) is 0 Å². The molecule has 1 rings (SSSR count). The van der Waals surface area contributed by atoms with Crippen molar-refractivity contribution in [1.82, 2.24) is 10.2 Å². The first-order valence-electron chi connectivity index (χ1n) is 6.09. The van der Waals surface area contributed by atoms with Crippen LogP contribution in [0.1, 0.15) is 13.8 Å². The molecule has 0 spiro atoms. The van der Waals surface area contributed by atoms with Gasteiger partial charge >= 0.3 is 6.03 Å². The molecule has 0 aliphatic carbocycles. The minimum atomic E-state index is -0.396. The predicted octanol–water partition coefficient (Wildman–Crippen LogP) is 2.26. The summed E-state index contributed by atoms with van der Waals surface area (Å²) < 4.78 is 18.4. The van der Waals surface area contributed by atoms with Gasteiger partial charge in [-0.05, 0) is 26.0 Å². The van der Waals surface area contributed by atoms with E-state index < -0.39 is 5.82 Å². The summed E-state index contributed by atoms with van der Waals surface area (Å²) in [4.78, 5) is 13.2. The lowest BCUT2D eigenvalue weighted by Crippen LogP contribution is -2.41. The highest BCUT2D eigenvalue weighted by Crippen LogP contribution is 2.14. The average molecular weight is 254 g/mol. The Labute approximate surface area is 107 Å². The van der Waals surface area contributed by atoms with Gasteiger partial charge < -0.3 is 15.0 Å². The maximum atomic E-state index is 13.2. The summed E-state index contributed by atoms with van der Waals surface area (Å²) in [5.74, 6) is -0.192. The molecule has 0 fully saturated rings. The molecule has 0 atom stereocenters. The normalized spacial score (nSPS) is 9.94. The van der Waals surface area contributed by atoms with Crippen LogP contribution in [0.3, 0.4) is 0 Å². The van der Waals surface area contributed by atoms with Crippen molar-refractivity contribution in [3.8, 4) is 5.75 Å². The van der Waals surface area contributed by atoms with Gasteiger partial charge in [-0.1, -0.05) is 12.1 Å². The molecule has 100 valence electrons. The Morgan fingerprint density at radius 3 is 2.61 bits per heavy atom. The fourth-order valence-electron chi connectivity index (χ4n) is 1.50. The maximum absolute atomic E-state index is 13.2. The van der Waals surface area contributed by atoms with Crippen molar-refractivity contribution in [2.45, 2.75) is 13.8 Å². The van der Waals surface area contributed by atoms with E-state index in [9.17, 15) is 9.18 Å². The van der Waals surface area contributed by atoms with Crippen LogP contribution >= 0.6 is 0 Å². The first-order valence-corrected chi connectivity index (χ1v) is 6.09. The number of halogens is 1. The highest BCUT2D eigenvalue weighted by molar-refractivity contribution is 5.73. The van der Waals surface area contributed by atoms with Gasteiger partial charge in [-0.25, -0.2) is 9.18 Å². The average Bonchev–Trinajstić information content (AvgIpc) is 2.38. The van der Waals surface area contributed by atoms with Crippen molar-refractivity contribution in [2.75, 3.05) is 26.2 Å². The van der Waals surface area contributed by atoms with Crippen molar-refractivity contribution in [1.29, 1.82) is 0 Å². The Morgan fingerprint density at radius 2 is 2.00 bits per heavy atom. The quantitative estimate of drug-likeness (QED) is 0.791. The summed E-state index contributed by atoms with van der Waals surface area (Å²) in [5, 5.41) is 2.71. The number of rotatable bonds is 6. The van der Waals surface area contributed by atoms with E-state index in [-0.39, 0.29) is 18.4 Å². The van der Waals surface area contributed by atoms with E-state index in [0.29, 0.717) is 19.6 Å². The van der Waals surface area contributed by atoms with E-state index in [2.05, 4.69) is 5.32 Å². The number of hydrogen-bond donors (Lipinski definition) is 1. The van der Waals surface area contributed by atoms with Gasteiger partial charge in [0.25, 0.3) is 0 Å². The SMILES string of the molecule is CCN(CC)C(=O)NCCOc1ccccc1F. The fraction of sp³-hybridized carbons (Fsp3) is 0.462. The van der Waals surface area contributed by atoms with Crippen LogP contribution in [0.15, 0.2) is 24.3 Å². The second-order valence-corrected chi connectivity index (χ2v) is 3.68. The summed E-state index contributed by atoms with van der Waals surface area (Å²) in [6, 6.07) is 6.07. The Balaban J connectivity index is 2.27. The summed E-state index contributed by atoms with van der Waals surface area (Å²) >= 11 is 0. The van der Waals surface area contributed by atoms with Crippen LogP contribution in [0, 0.1) is 5.82 Å². The molecule has 0 bridgehead atoms. The second kappa shape index (κ2) is 7.53. The molecule has 0 radical (unpaired) electrons. The van der Waals surface area contributed by atoms with Crippen LogP contribution in [0.5, 0.6) is 5.75 Å². The topological polar surface area (TPSA) is 41.6 Å². The highest BCUT2D eigenvalue weighted by Gasteiger charge is 2.08. The number of carbonyl (C=O) groups is 1. The molecule has 0 aliphatic rings. The monoisotopic (exact) mass is 254 g/mol. The van der Waals surface area contributed by atoms with E-state index in [1.54, 1.807) is 23.1 Å². The van der Waals surface area contributed by atoms with E-state index in [1.165, 1.54) is 6.07 Å². The molecule has 2 amide bonds. The molecule has 0 aliphatic heterocycles. The molecule has 0 saturated carbocycles. The van der Waals surface area contributed by atoms with E-state index in [4.69, 9.17) is 4.74 Å². The Kier molecular flexibility index (Phi) is 5.97. The molecular weight excluding hydrogens is 235 g/mol. The maximum Gasteiger partial charge on any atom is 0.317 e. The molecule has 0 aromatic heterocycles. The first-order chi connectivity index (χ1) is 8.69. The number of urea groups is 1. The van der Waals surface area contributed by atoms with Crippen molar-refractivity contribution >= 4 is 6.03 Å². The van der Waals surface area contributed by atoms with Crippen molar-refractivity contribution in [3.05, 3.63) is 30.1 Å². The largest absolute Gasteiger partial charge is 0.489 e. The van der Waals surface area contributed by atoms with Crippen LogP contribution in [0.25, 0.3) is 0 Å². The summed E-state index contributed by atoms with van der Waals surface area (Å²) in [7, 11) is 0. The Bertz CT molecular complexity index is 381. The lowest BCUT2D eigenvalue weighted by atomic mass is 10.3. The van der Waals surface area contributed by atoms with Crippen LogP contribution in [0.2, 0.25) is 0 Å². The standard InChI is InChI=1S/C13H19FN2O2/c1-3-16(4-2)13(17)15-9-10-18-12-8-6-5-7-11(12)14/h5-8H,3-4,9-10H2,1-2H3,(H,15,17). The molecule has 4 nitrogen and oxygen atoms in total. The van der Waals surface area contributed by atoms with Gasteiger partial charge in [0, 0.05) is 13.1 Å². The minimum absolute atomic E-state index is 0.128. The number of ether oxygens (including phenoxy) is 1. The van der Waals surface area contributed by atoms with Gasteiger partial charge in [0.05, 0.1) is 6.54 Å². The van der Waals surface area contributed by atoms with E-state index in [0.717, 1.165) is 0 Å². The highest BCUT2D eigenvalue weighted by atomic mass is 19.1. The van der Waals surface area contributed by atoms with Gasteiger partial charge in [-0.15, -0.1) is 0 Å². The smallest absolute Gasteiger partial charge is 0.317 e. The zero-order valence-corrected chi connectivity index (χ0v) is 10.8.